The molecule has 1 N–H and O–H groups in total. The van der Waals surface area contributed by atoms with E-state index < -0.39 is 0 Å². The minimum atomic E-state index is -0.0516. The van der Waals surface area contributed by atoms with E-state index in [1.807, 2.05) is 6.92 Å². The highest BCUT2D eigenvalue weighted by atomic mass is 16.5. The van der Waals surface area contributed by atoms with Gasteiger partial charge in [0, 0.05) is 26.3 Å². The molecule has 0 aliphatic heterocycles. The second-order valence-electron chi connectivity index (χ2n) is 3.63. The SMILES string of the molecule is COCCCNCCn1nc(C)ccc1=O. The Morgan fingerprint density at radius 1 is 1.44 bits per heavy atom. The van der Waals surface area contributed by atoms with Crippen molar-refractivity contribution in [1.29, 1.82) is 0 Å². The molecule has 0 atom stereocenters. The summed E-state index contributed by atoms with van der Waals surface area (Å²) in [6.45, 7) is 4.89. The second-order valence-corrected chi connectivity index (χ2v) is 3.63. The van der Waals surface area contributed by atoms with Crippen LogP contribution in [0, 0.1) is 6.92 Å². The molecule has 5 heteroatoms. The third-order valence-electron chi connectivity index (χ3n) is 2.20. The molecule has 0 saturated carbocycles. The predicted octanol–water partition coefficient (Wildman–Crippen LogP) is 0.178. The molecule has 0 saturated heterocycles. The summed E-state index contributed by atoms with van der Waals surface area (Å²) in [7, 11) is 1.69. The average Bonchev–Trinajstić information content (AvgIpc) is 2.28. The van der Waals surface area contributed by atoms with Crippen LogP contribution in [-0.2, 0) is 11.3 Å². The summed E-state index contributed by atoms with van der Waals surface area (Å²) in [4.78, 5) is 11.4. The standard InChI is InChI=1S/C11H19N3O2/c1-10-4-5-11(15)14(13-10)8-7-12-6-3-9-16-2/h4-5,12H,3,6-9H2,1-2H3. The summed E-state index contributed by atoms with van der Waals surface area (Å²) in [5.74, 6) is 0. The van der Waals surface area contributed by atoms with E-state index in [1.54, 1.807) is 19.2 Å². The lowest BCUT2D eigenvalue weighted by Crippen LogP contribution is -2.29. The fourth-order valence-corrected chi connectivity index (χ4v) is 1.36. The van der Waals surface area contributed by atoms with Crippen LogP contribution in [0.4, 0.5) is 0 Å². The quantitative estimate of drug-likeness (QED) is 0.672. The van der Waals surface area contributed by atoms with Gasteiger partial charge in [-0.15, -0.1) is 0 Å². The van der Waals surface area contributed by atoms with Crippen molar-refractivity contribution in [2.24, 2.45) is 0 Å². The first kappa shape index (κ1) is 12.9. The highest BCUT2D eigenvalue weighted by Crippen LogP contribution is 1.85. The molecule has 0 bridgehead atoms. The highest BCUT2D eigenvalue weighted by Gasteiger charge is 1.96. The summed E-state index contributed by atoms with van der Waals surface area (Å²) in [5, 5.41) is 7.38. The summed E-state index contributed by atoms with van der Waals surface area (Å²) < 4.78 is 6.42. The van der Waals surface area contributed by atoms with Crippen LogP contribution in [0.1, 0.15) is 12.1 Å². The first-order chi connectivity index (χ1) is 7.74. The Morgan fingerprint density at radius 3 is 3.00 bits per heavy atom. The smallest absolute Gasteiger partial charge is 0.266 e. The lowest BCUT2D eigenvalue weighted by atomic mass is 10.4. The number of nitrogens with zero attached hydrogens (tertiary/aromatic N) is 2. The molecule has 90 valence electrons. The molecule has 0 aromatic carbocycles. The van der Waals surface area contributed by atoms with Crippen molar-refractivity contribution in [3.05, 3.63) is 28.2 Å². The Balaban J connectivity index is 2.26. The van der Waals surface area contributed by atoms with Crippen molar-refractivity contribution in [1.82, 2.24) is 15.1 Å². The second kappa shape index (κ2) is 7.14. The Bertz CT molecular complexity index is 362. The van der Waals surface area contributed by atoms with Crippen LogP contribution in [0.2, 0.25) is 0 Å². The average molecular weight is 225 g/mol. The number of hydrogen-bond acceptors (Lipinski definition) is 4. The molecule has 1 heterocycles. The first-order valence-corrected chi connectivity index (χ1v) is 5.48. The maximum Gasteiger partial charge on any atom is 0.266 e. The zero-order valence-corrected chi connectivity index (χ0v) is 9.90. The third kappa shape index (κ3) is 4.55. The van der Waals surface area contributed by atoms with E-state index >= 15 is 0 Å². The van der Waals surface area contributed by atoms with Crippen LogP contribution in [0.3, 0.4) is 0 Å². The molecule has 0 radical (unpaired) electrons. The zero-order chi connectivity index (χ0) is 11.8. The summed E-state index contributed by atoms with van der Waals surface area (Å²) in [6, 6.07) is 3.28. The molecule has 0 fully saturated rings. The van der Waals surface area contributed by atoms with Crippen molar-refractivity contribution in [2.45, 2.75) is 19.9 Å². The van der Waals surface area contributed by atoms with Gasteiger partial charge in [-0.2, -0.15) is 5.10 Å². The van der Waals surface area contributed by atoms with Crippen LogP contribution in [0.5, 0.6) is 0 Å². The molecule has 0 amide bonds. The van der Waals surface area contributed by atoms with Crippen molar-refractivity contribution >= 4 is 0 Å². The number of rotatable bonds is 7. The Hall–Kier alpha value is -1.20. The van der Waals surface area contributed by atoms with Gasteiger partial charge in [0.15, 0.2) is 0 Å². The van der Waals surface area contributed by atoms with E-state index in [0.717, 1.165) is 31.8 Å². The predicted molar refractivity (Wildman–Crippen MR) is 62.6 cm³/mol. The Kier molecular flexibility index (Phi) is 5.74. The summed E-state index contributed by atoms with van der Waals surface area (Å²) >= 11 is 0. The number of aromatic nitrogens is 2. The van der Waals surface area contributed by atoms with Crippen LogP contribution in [0.15, 0.2) is 16.9 Å². The van der Waals surface area contributed by atoms with Gasteiger partial charge in [-0.05, 0) is 26.0 Å². The lowest BCUT2D eigenvalue weighted by Gasteiger charge is -2.06. The molecule has 0 unspecified atom stereocenters. The van der Waals surface area contributed by atoms with Crippen molar-refractivity contribution < 1.29 is 4.74 Å². The van der Waals surface area contributed by atoms with Gasteiger partial charge < -0.3 is 10.1 Å². The van der Waals surface area contributed by atoms with E-state index in [0.29, 0.717) is 6.54 Å². The number of nitrogens with one attached hydrogen (secondary N) is 1. The van der Waals surface area contributed by atoms with Gasteiger partial charge in [0.05, 0.1) is 12.2 Å². The molecule has 1 aromatic rings. The largest absolute Gasteiger partial charge is 0.385 e. The van der Waals surface area contributed by atoms with E-state index in [1.165, 1.54) is 4.68 Å². The first-order valence-electron chi connectivity index (χ1n) is 5.48. The van der Waals surface area contributed by atoms with Gasteiger partial charge >= 0.3 is 0 Å². The minimum absolute atomic E-state index is 0.0516. The van der Waals surface area contributed by atoms with E-state index in [2.05, 4.69) is 10.4 Å². The number of aryl methyl sites for hydroxylation is 1. The Morgan fingerprint density at radius 2 is 2.25 bits per heavy atom. The lowest BCUT2D eigenvalue weighted by molar-refractivity contribution is 0.194. The fraction of sp³-hybridized carbons (Fsp3) is 0.636. The van der Waals surface area contributed by atoms with Gasteiger partial charge in [-0.25, -0.2) is 4.68 Å². The van der Waals surface area contributed by atoms with Crippen molar-refractivity contribution in [3.63, 3.8) is 0 Å². The van der Waals surface area contributed by atoms with Gasteiger partial charge in [-0.3, -0.25) is 4.79 Å². The van der Waals surface area contributed by atoms with Crippen LogP contribution >= 0.6 is 0 Å². The van der Waals surface area contributed by atoms with Crippen LogP contribution < -0.4 is 10.9 Å². The molecule has 16 heavy (non-hydrogen) atoms. The van der Waals surface area contributed by atoms with E-state index in [9.17, 15) is 4.79 Å². The molecule has 1 aromatic heterocycles. The number of hydrogen-bond donors (Lipinski definition) is 1. The number of methoxy groups -OCH3 is 1. The molecule has 0 aliphatic rings. The highest BCUT2D eigenvalue weighted by molar-refractivity contribution is 4.96. The zero-order valence-electron chi connectivity index (χ0n) is 9.90. The fourth-order valence-electron chi connectivity index (χ4n) is 1.36. The van der Waals surface area contributed by atoms with Gasteiger partial charge in [0.1, 0.15) is 0 Å². The Labute approximate surface area is 95.4 Å². The monoisotopic (exact) mass is 225 g/mol. The van der Waals surface area contributed by atoms with Crippen LogP contribution in [0.25, 0.3) is 0 Å². The van der Waals surface area contributed by atoms with Gasteiger partial charge in [0.2, 0.25) is 0 Å². The third-order valence-corrected chi connectivity index (χ3v) is 2.20. The van der Waals surface area contributed by atoms with Gasteiger partial charge in [-0.1, -0.05) is 0 Å². The van der Waals surface area contributed by atoms with E-state index in [-0.39, 0.29) is 5.56 Å². The minimum Gasteiger partial charge on any atom is -0.385 e. The molecule has 0 aliphatic carbocycles. The molecule has 1 rings (SSSR count). The molecule has 0 spiro atoms. The normalized spacial score (nSPS) is 10.6. The van der Waals surface area contributed by atoms with Gasteiger partial charge in [0.25, 0.3) is 5.56 Å². The topological polar surface area (TPSA) is 56.1 Å². The number of ether oxygens (including phenoxy) is 1. The molecule has 5 nitrogen and oxygen atoms in total. The molecular weight excluding hydrogens is 206 g/mol. The summed E-state index contributed by atoms with van der Waals surface area (Å²) in [5.41, 5.74) is 0.809. The van der Waals surface area contributed by atoms with E-state index in [4.69, 9.17) is 4.74 Å². The molecular formula is C11H19N3O2. The van der Waals surface area contributed by atoms with Crippen molar-refractivity contribution in [2.75, 3.05) is 26.8 Å². The van der Waals surface area contributed by atoms with Crippen molar-refractivity contribution in [3.8, 4) is 0 Å². The summed E-state index contributed by atoms with van der Waals surface area (Å²) in [6.07, 6.45) is 0.979. The maximum atomic E-state index is 11.4. The maximum absolute atomic E-state index is 11.4. The van der Waals surface area contributed by atoms with Crippen LogP contribution in [-0.4, -0.2) is 36.6 Å².